The zero-order chi connectivity index (χ0) is 9.03. The molecule has 0 bridgehead atoms. The molecule has 0 aliphatic carbocycles. The minimum atomic E-state index is -3.27. The zero-order valence-corrected chi connectivity index (χ0v) is 8.20. The average molecular weight is 214 g/mol. The molecule has 4 nitrogen and oxygen atoms in total. The number of ether oxygens (including phenoxy) is 1. The van der Waals surface area contributed by atoms with Crippen molar-refractivity contribution >= 4 is 21.6 Å². The molecule has 1 atom stereocenters. The topological polar surface area (TPSA) is 55.4 Å². The smallest absolute Gasteiger partial charge is 0.225 e. The molecule has 0 spiro atoms. The van der Waals surface area contributed by atoms with Crippen LogP contribution in [0.3, 0.4) is 0 Å². The van der Waals surface area contributed by atoms with Gasteiger partial charge in [-0.1, -0.05) is 0 Å². The van der Waals surface area contributed by atoms with E-state index in [-0.39, 0.29) is 11.3 Å². The summed E-state index contributed by atoms with van der Waals surface area (Å²) in [5.41, 5.74) is 0. The molecule has 0 saturated carbocycles. The van der Waals surface area contributed by atoms with E-state index in [0.717, 1.165) is 19.4 Å². The molecule has 6 heteroatoms. The van der Waals surface area contributed by atoms with Crippen LogP contribution in [0.25, 0.3) is 0 Å². The summed E-state index contributed by atoms with van der Waals surface area (Å²) in [5, 5.41) is -0.389. The van der Waals surface area contributed by atoms with Gasteiger partial charge < -0.3 is 4.74 Å². The molecule has 72 valence electrons. The number of halogens is 1. The van der Waals surface area contributed by atoms with Crippen molar-refractivity contribution in [1.82, 2.24) is 4.72 Å². The molecule has 1 heterocycles. The van der Waals surface area contributed by atoms with Crippen molar-refractivity contribution in [3.8, 4) is 0 Å². The Balaban J connectivity index is 2.25. The van der Waals surface area contributed by atoms with E-state index in [4.69, 9.17) is 16.3 Å². The van der Waals surface area contributed by atoms with Crippen molar-refractivity contribution in [3.05, 3.63) is 0 Å². The summed E-state index contributed by atoms with van der Waals surface area (Å²) in [6.45, 7) is 1.07. The maximum atomic E-state index is 10.9. The minimum absolute atomic E-state index is 0.0305. The first-order valence-electron chi connectivity index (χ1n) is 3.79. The van der Waals surface area contributed by atoms with Crippen LogP contribution in [0.5, 0.6) is 0 Å². The van der Waals surface area contributed by atoms with Gasteiger partial charge in [-0.3, -0.25) is 0 Å². The van der Waals surface area contributed by atoms with Crippen molar-refractivity contribution in [2.45, 2.75) is 18.9 Å². The van der Waals surface area contributed by atoms with E-state index in [1.165, 1.54) is 0 Å². The molecule has 12 heavy (non-hydrogen) atoms. The molecule has 1 saturated heterocycles. The van der Waals surface area contributed by atoms with Crippen LogP contribution in [0.15, 0.2) is 0 Å². The van der Waals surface area contributed by atoms with Gasteiger partial charge in [0.05, 0.1) is 6.10 Å². The van der Waals surface area contributed by atoms with E-state index < -0.39 is 10.0 Å². The third-order valence-corrected chi connectivity index (χ3v) is 3.45. The van der Waals surface area contributed by atoms with Crippen LogP contribution in [-0.2, 0) is 14.8 Å². The molecule has 1 N–H and O–H groups in total. The first-order valence-corrected chi connectivity index (χ1v) is 5.97. The molecule has 0 aromatic carbocycles. The SMILES string of the molecule is O=S(=O)(CCl)NCC1CCCO1. The number of nitrogens with one attached hydrogen (secondary N) is 1. The van der Waals surface area contributed by atoms with E-state index in [2.05, 4.69) is 4.72 Å². The van der Waals surface area contributed by atoms with Crippen molar-refractivity contribution in [1.29, 1.82) is 0 Å². The van der Waals surface area contributed by atoms with Crippen LogP contribution < -0.4 is 4.72 Å². The van der Waals surface area contributed by atoms with Crippen LogP contribution in [0.2, 0.25) is 0 Å². The largest absolute Gasteiger partial charge is 0.377 e. The van der Waals surface area contributed by atoms with Gasteiger partial charge in [0.2, 0.25) is 10.0 Å². The minimum Gasteiger partial charge on any atom is -0.377 e. The van der Waals surface area contributed by atoms with E-state index in [9.17, 15) is 8.42 Å². The number of rotatable bonds is 4. The number of hydrogen-bond acceptors (Lipinski definition) is 3. The molecule has 1 unspecified atom stereocenters. The molecule has 0 aromatic rings. The van der Waals surface area contributed by atoms with Crippen LogP contribution in [0, 0.1) is 0 Å². The number of hydrogen-bond donors (Lipinski definition) is 1. The summed E-state index contributed by atoms with van der Waals surface area (Å²) in [5.74, 6) is 0. The van der Waals surface area contributed by atoms with Gasteiger partial charge in [0.15, 0.2) is 0 Å². The fourth-order valence-corrected chi connectivity index (χ4v) is 1.81. The lowest BCUT2D eigenvalue weighted by molar-refractivity contribution is 0.114. The molecule has 1 fully saturated rings. The molecular weight excluding hydrogens is 202 g/mol. The third-order valence-electron chi connectivity index (χ3n) is 1.70. The molecule has 0 amide bonds. The summed E-state index contributed by atoms with van der Waals surface area (Å²) >= 11 is 5.19. The van der Waals surface area contributed by atoms with E-state index in [1.54, 1.807) is 0 Å². The second-order valence-corrected chi connectivity index (χ2v) is 5.10. The van der Waals surface area contributed by atoms with Gasteiger partial charge >= 0.3 is 0 Å². The van der Waals surface area contributed by atoms with Crippen molar-refractivity contribution < 1.29 is 13.2 Å². The van der Waals surface area contributed by atoms with Gasteiger partial charge in [-0.15, -0.1) is 11.6 Å². The van der Waals surface area contributed by atoms with Gasteiger partial charge in [0, 0.05) is 13.2 Å². The molecule has 1 rings (SSSR count). The van der Waals surface area contributed by atoms with Gasteiger partial charge in [-0.05, 0) is 12.8 Å². The van der Waals surface area contributed by atoms with Gasteiger partial charge in [0.1, 0.15) is 5.21 Å². The third kappa shape index (κ3) is 3.26. The van der Waals surface area contributed by atoms with Crippen LogP contribution >= 0.6 is 11.6 Å². The lowest BCUT2D eigenvalue weighted by Gasteiger charge is -2.09. The van der Waals surface area contributed by atoms with Crippen molar-refractivity contribution in [3.63, 3.8) is 0 Å². The molecular formula is C6H12ClNO3S. The first kappa shape index (κ1) is 10.2. The summed E-state index contributed by atoms with van der Waals surface area (Å²) in [6.07, 6.45) is 1.96. The van der Waals surface area contributed by atoms with Gasteiger partial charge in [0.25, 0.3) is 0 Å². The van der Waals surface area contributed by atoms with Gasteiger partial charge in [-0.2, -0.15) is 0 Å². The fourth-order valence-electron chi connectivity index (χ4n) is 1.06. The Kier molecular flexibility index (Phi) is 3.77. The Morgan fingerprint density at radius 2 is 2.33 bits per heavy atom. The van der Waals surface area contributed by atoms with Crippen LogP contribution in [-0.4, -0.2) is 32.9 Å². The fraction of sp³-hybridized carbons (Fsp3) is 1.00. The highest BCUT2D eigenvalue weighted by atomic mass is 35.5. The maximum absolute atomic E-state index is 10.9. The number of alkyl halides is 1. The molecule has 0 radical (unpaired) electrons. The lowest BCUT2D eigenvalue weighted by Crippen LogP contribution is -2.32. The van der Waals surface area contributed by atoms with E-state index in [1.807, 2.05) is 0 Å². The summed E-state index contributed by atoms with van der Waals surface area (Å²) in [4.78, 5) is 0. The Labute approximate surface area is 77.3 Å². The Morgan fingerprint density at radius 3 is 2.83 bits per heavy atom. The van der Waals surface area contributed by atoms with Crippen molar-refractivity contribution in [2.24, 2.45) is 0 Å². The van der Waals surface area contributed by atoms with E-state index in [0.29, 0.717) is 6.54 Å². The average Bonchev–Trinajstić information content (AvgIpc) is 2.53. The lowest BCUT2D eigenvalue weighted by atomic mass is 10.2. The van der Waals surface area contributed by atoms with E-state index >= 15 is 0 Å². The standard InChI is InChI=1S/C6H12ClNO3S/c7-5-12(9,10)8-4-6-2-1-3-11-6/h6,8H,1-5H2. The maximum Gasteiger partial charge on any atom is 0.225 e. The summed E-state index contributed by atoms with van der Waals surface area (Å²) in [6, 6.07) is 0. The summed E-state index contributed by atoms with van der Waals surface area (Å²) < 4.78 is 29.3. The highest BCUT2D eigenvalue weighted by Gasteiger charge is 2.17. The van der Waals surface area contributed by atoms with Crippen LogP contribution in [0.1, 0.15) is 12.8 Å². The number of sulfonamides is 1. The quantitative estimate of drug-likeness (QED) is 0.683. The second-order valence-electron chi connectivity index (χ2n) is 2.71. The Hall–Kier alpha value is 0.160. The highest BCUT2D eigenvalue weighted by molar-refractivity contribution is 7.90. The Bertz CT molecular complexity index is 223. The second kappa shape index (κ2) is 4.41. The highest BCUT2D eigenvalue weighted by Crippen LogP contribution is 2.10. The predicted molar refractivity (Wildman–Crippen MR) is 46.6 cm³/mol. The van der Waals surface area contributed by atoms with Crippen LogP contribution in [0.4, 0.5) is 0 Å². The van der Waals surface area contributed by atoms with Crippen molar-refractivity contribution in [2.75, 3.05) is 18.4 Å². The molecule has 1 aliphatic heterocycles. The first-order chi connectivity index (χ1) is 5.64. The summed E-state index contributed by atoms with van der Waals surface area (Å²) in [7, 11) is -3.27. The predicted octanol–water partition coefficient (Wildman–Crippen LogP) is 0.281. The normalized spacial score (nSPS) is 24.6. The molecule has 1 aliphatic rings. The van der Waals surface area contributed by atoms with Gasteiger partial charge in [-0.25, -0.2) is 13.1 Å². The molecule has 0 aromatic heterocycles. The monoisotopic (exact) mass is 213 g/mol. The zero-order valence-electron chi connectivity index (χ0n) is 6.62. The Morgan fingerprint density at radius 1 is 1.58 bits per heavy atom.